The molecule has 1 N–H and O–H groups in total. The Bertz CT molecular complexity index is 682. The number of allylic oxidation sites excluding steroid dienone is 1. The number of hydrogen-bond acceptors (Lipinski definition) is 6. The molecule has 0 radical (unpaired) electrons. The number of methoxy groups -OCH3 is 1. The molecule has 0 bridgehead atoms. The lowest BCUT2D eigenvalue weighted by Crippen LogP contribution is -2.29. The number of ether oxygens (including phenoxy) is 2. The second kappa shape index (κ2) is 6.19. The predicted molar refractivity (Wildman–Crippen MR) is 80.1 cm³/mol. The zero-order valence-electron chi connectivity index (χ0n) is 12.1. The first-order valence-corrected chi connectivity index (χ1v) is 6.49. The zero-order valence-corrected chi connectivity index (χ0v) is 12.9. The van der Waals surface area contributed by atoms with Gasteiger partial charge in [-0.05, 0) is 24.6 Å². The van der Waals surface area contributed by atoms with Crippen molar-refractivity contribution in [1.29, 1.82) is 0 Å². The Morgan fingerprint density at radius 3 is 2.73 bits per heavy atom. The van der Waals surface area contributed by atoms with Crippen LogP contribution in [0.1, 0.15) is 18.4 Å². The van der Waals surface area contributed by atoms with Gasteiger partial charge in [0.25, 0.3) is 0 Å². The topological polar surface area (TPSA) is 77.5 Å². The number of nitrogens with one attached hydrogen (secondary N) is 1. The number of cyclic esters (lactones) is 1. The van der Waals surface area contributed by atoms with Gasteiger partial charge >= 0.3 is 11.9 Å². The van der Waals surface area contributed by atoms with Crippen LogP contribution in [0.15, 0.2) is 47.1 Å². The van der Waals surface area contributed by atoms with Gasteiger partial charge in [-0.15, -0.1) is 12.4 Å². The Morgan fingerprint density at radius 1 is 1.41 bits per heavy atom. The Morgan fingerprint density at radius 2 is 2.09 bits per heavy atom. The Labute approximate surface area is 133 Å². The van der Waals surface area contributed by atoms with Gasteiger partial charge < -0.3 is 14.8 Å². The van der Waals surface area contributed by atoms with E-state index in [9.17, 15) is 9.59 Å². The average Bonchev–Trinajstić information content (AvgIpc) is 2.87. The second-order valence-electron chi connectivity index (χ2n) is 4.84. The van der Waals surface area contributed by atoms with Gasteiger partial charge in [-0.1, -0.05) is 0 Å². The third-order valence-corrected chi connectivity index (χ3v) is 3.66. The van der Waals surface area contributed by atoms with Crippen LogP contribution in [0.3, 0.4) is 0 Å². The summed E-state index contributed by atoms with van der Waals surface area (Å²) < 4.78 is 9.96. The largest absolute Gasteiger partial charge is 0.466 e. The maximum absolute atomic E-state index is 12.1. The highest BCUT2D eigenvalue weighted by atomic mass is 35.5. The van der Waals surface area contributed by atoms with Crippen LogP contribution in [0.2, 0.25) is 0 Å². The van der Waals surface area contributed by atoms with E-state index in [0.29, 0.717) is 22.5 Å². The summed E-state index contributed by atoms with van der Waals surface area (Å²) in [7, 11) is 1.32. The molecule has 3 rings (SSSR count). The molecule has 0 aliphatic carbocycles. The maximum atomic E-state index is 12.1. The molecule has 1 atom stereocenters. The summed E-state index contributed by atoms with van der Waals surface area (Å²) in [6.45, 7) is 1.98. The molecule has 1 unspecified atom stereocenters. The third-order valence-electron chi connectivity index (χ3n) is 3.66. The number of pyridine rings is 1. The molecule has 116 valence electrons. The van der Waals surface area contributed by atoms with Crippen molar-refractivity contribution in [3.05, 3.63) is 52.6 Å². The summed E-state index contributed by atoms with van der Waals surface area (Å²) in [4.78, 5) is 28.2. The number of aromatic nitrogens is 1. The summed E-state index contributed by atoms with van der Waals surface area (Å²) in [5, 5.41) is 3.07. The average molecular weight is 323 g/mol. The van der Waals surface area contributed by atoms with E-state index >= 15 is 0 Å². The van der Waals surface area contributed by atoms with Crippen molar-refractivity contribution in [2.75, 3.05) is 13.7 Å². The number of nitrogens with zero attached hydrogens (tertiary/aromatic N) is 1. The monoisotopic (exact) mass is 322 g/mol. The molecule has 1 aromatic heterocycles. The molecular formula is C15H15ClN2O4. The minimum absolute atomic E-state index is 0. The van der Waals surface area contributed by atoms with E-state index in [2.05, 4.69) is 10.3 Å². The van der Waals surface area contributed by atoms with Crippen molar-refractivity contribution in [3.63, 3.8) is 0 Å². The zero-order chi connectivity index (χ0) is 15.0. The molecule has 6 nitrogen and oxygen atoms in total. The number of dihydropyridines is 1. The van der Waals surface area contributed by atoms with Gasteiger partial charge in [0.05, 0.1) is 29.9 Å². The van der Waals surface area contributed by atoms with Gasteiger partial charge in [0, 0.05) is 18.1 Å². The first-order valence-electron chi connectivity index (χ1n) is 6.49. The van der Waals surface area contributed by atoms with E-state index in [0.717, 1.165) is 5.56 Å². The van der Waals surface area contributed by atoms with Crippen molar-refractivity contribution in [2.45, 2.75) is 12.8 Å². The third kappa shape index (κ3) is 2.46. The van der Waals surface area contributed by atoms with Crippen LogP contribution < -0.4 is 5.32 Å². The molecule has 0 spiro atoms. The summed E-state index contributed by atoms with van der Waals surface area (Å²) in [6.07, 6.45) is 3.25. The normalized spacial score (nSPS) is 19.9. The second-order valence-corrected chi connectivity index (χ2v) is 4.84. The van der Waals surface area contributed by atoms with Gasteiger partial charge in [-0.3, -0.25) is 4.98 Å². The van der Waals surface area contributed by atoms with E-state index in [4.69, 9.17) is 9.47 Å². The van der Waals surface area contributed by atoms with E-state index in [1.807, 2.05) is 0 Å². The first-order chi connectivity index (χ1) is 10.1. The van der Waals surface area contributed by atoms with Crippen molar-refractivity contribution in [1.82, 2.24) is 10.3 Å². The van der Waals surface area contributed by atoms with E-state index < -0.39 is 17.9 Å². The van der Waals surface area contributed by atoms with E-state index in [1.165, 1.54) is 7.11 Å². The highest BCUT2D eigenvalue weighted by Crippen LogP contribution is 2.40. The van der Waals surface area contributed by atoms with Crippen LogP contribution >= 0.6 is 12.4 Å². The molecule has 7 heteroatoms. The number of carbonyl (C=O) groups excluding carboxylic acids is 2. The number of rotatable bonds is 2. The van der Waals surface area contributed by atoms with E-state index in [1.54, 1.807) is 31.5 Å². The van der Waals surface area contributed by atoms with Crippen LogP contribution in [0.5, 0.6) is 0 Å². The van der Waals surface area contributed by atoms with Gasteiger partial charge in [0.15, 0.2) is 0 Å². The van der Waals surface area contributed by atoms with Gasteiger partial charge in [0.2, 0.25) is 0 Å². The van der Waals surface area contributed by atoms with Crippen LogP contribution in [-0.2, 0) is 19.1 Å². The summed E-state index contributed by atoms with van der Waals surface area (Å²) in [5.41, 5.74) is 3.05. The molecule has 2 aliphatic rings. The fraction of sp³-hybridized carbons (Fsp3) is 0.267. The SMILES string of the molecule is COC(=O)C1=C(C)NC2=C(C(=O)OC2)C1c1ccncc1.Cl. The van der Waals surface area contributed by atoms with Gasteiger partial charge in [-0.25, -0.2) is 9.59 Å². The maximum Gasteiger partial charge on any atom is 0.337 e. The van der Waals surface area contributed by atoms with E-state index in [-0.39, 0.29) is 19.0 Å². The Kier molecular flexibility index (Phi) is 4.51. The van der Waals surface area contributed by atoms with Crippen LogP contribution in [-0.4, -0.2) is 30.6 Å². The fourth-order valence-electron chi connectivity index (χ4n) is 2.74. The quantitative estimate of drug-likeness (QED) is 0.830. The molecular weight excluding hydrogens is 308 g/mol. The molecule has 0 amide bonds. The van der Waals surface area contributed by atoms with Crippen LogP contribution in [0.25, 0.3) is 0 Å². The van der Waals surface area contributed by atoms with Crippen molar-refractivity contribution in [2.24, 2.45) is 0 Å². The molecule has 22 heavy (non-hydrogen) atoms. The first kappa shape index (κ1) is 16.0. The minimum atomic E-state index is -0.494. The number of halogens is 1. The summed E-state index contributed by atoms with van der Waals surface area (Å²) in [6, 6.07) is 3.56. The fourth-order valence-corrected chi connectivity index (χ4v) is 2.74. The lowest BCUT2D eigenvalue weighted by atomic mass is 9.81. The lowest BCUT2D eigenvalue weighted by molar-refractivity contribution is -0.136. The Balaban J connectivity index is 0.00000176. The highest BCUT2D eigenvalue weighted by molar-refractivity contribution is 6.01. The predicted octanol–water partition coefficient (Wildman–Crippen LogP) is 1.45. The smallest absolute Gasteiger partial charge is 0.337 e. The molecule has 3 heterocycles. The molecule has 0 aromatic carbocycles. The van der Waals surface area contributed by atoms with Crippen molar-refractivity contribution < 1.29 is 19.1 Å². The Hall–Kier alpha value is -2.34. The molecule has 2 aliphatic heterocycles. The summed E-state index contributed by atoms with van der Waals surface area (Å²) in [5.74, 6) is -1.37. The van der Waals surface area contributed by atoms with Gasteiger partial charge in [-0.2, -0.15) is 0 Å². The standard InChI is InChI=1S/C15H14N2O4.ClH/c1-8-11(14(18)20-2)12(9-3-5-16-6-4-9)13-10(17-8)7-21-15(13)19;/h3-6,12,17H,7H2,1-2H3;1H. The molecule has 0 saturated carbocycles. The number of carbonyl (C=O) groups is 2. The molecule has 0 saturated heterocycles. The minimum Gasteiger partial charge on any atom is -0.466 e. The van der Waals surface area contributed by atoms with Crippen molar-refractivity contribution in [3.8, 4) is 0 Å². The molecule has 0 fully saturated rings. The lowest BCUT2D eigenvalue weighted by Gasteiger charge is -2.27. The van der Waals surface area contributed by atoms with Crippen LogP contribution in [0.4, 0.5) is 0 Å². The highest BCUT2D eigenvalue weighted by Gasteiger charge is 2.41. The van der Waals surface area contributed by atoms with Crippen molar-refractivity contribution >= 4 is 24.3 Å². The summed E-state index contributed by atoms with van der Waals surface area (Å²) >= 11 is 0. The molecule has 1 aromatic rings. The van der Waals surface area contributed by atoms with Gasteiger partial charge in [0.1, 0.15) is 6.61 Å². The number of esters is 2. The van der Waals surface area contributed by atoms with Crippen LogP contribution in [0, 0.1) is 0 Å². The number of hydrogen-bond donors (Lipinski definition) is 1.